The van der Waals surface area contributed by atoms with Gasteiger partial charge in [-0.25, -0.2) is 4.68 Å². The summed E-state index contributed by atoms with van der Waals surface area (Å²) in [5.41, 5.74) is 8.14. The molecule has 0 unspecified atom stereocenters. The fraction of sp³-hybridized carbons (Fsp3) is 0.0625. The van der Waals surface area contributed by atoms with Crippen LogP contribution in [0.25, 0.3) is 16.9 Å². The van der Waals surface area contributed by atoms with Crippen LogP contribution in [0.1, 0.15) is 5.56 Å². The quantitative estimate of drug-likeness (QED) is 0.787. The van der Waals surface area contributed by atoms with Gasteiger partial charge >= 0.3 is 0 Å². The molecule has 0 aliphatic carbocycles. The summed E-state index contributed by atoms with van der Waals surface area (Å²) in [6.07, 6.45) is 1.87. The van der Waals surface area contributed by atoms with Crippen LogP contribution in [-0.2, 0) is 11.2 Å². The van der Waals surface area contributed by atoms with E-state index in [1.54, 1.807) is 29.1 Å². The van der Waals surface area contributed by atoms with Gasteiger partial charge in [-0.15, -0.1) is 5.10 Å². The van der Waals surface area contributed by atoms with E-state index >= 15 is 0 Å². The molecule has 3 aromatic rings. The lowest BCUT2D eigenvalue weighted by Gasteiger charge is -2.05. The molecule has 0 bridgehead atoms. The Bertz CT molecular complexity index is 876. The van der Waals surface area contributed by atoms with Crippen LogP contribution in [0.2, 0.25) is 10.0 Å². The van der Waals surface area contributed by atoms with Crippen molar-refractivity contribution < 1.29 is 4.79 Å². The minimum Gasteiger partial charge on any atom is -0.369 e. The summed E-state index contributed by atoms with van der Waals surface area (Å²) in [4.78, 5) is 11.2. The molecule has 0 spiro atoms. The fourth-order valence-electron chi connectivity index (χ4n) is 2.29. The first kappa shape index (κ1) is 15.5. The van der Waals surface area contributed by atoms with E-state index in [0.29, 0.717) is 21.4 Å². The van der Waals surface area contributed by atoms with Gasteiger partial charge in [0.25, 0.3) is 0 Å². The normalized spacial score (nSPS) is 10.7. The van der Waals surface area contributed by atoms with Gasteiger partial charge in [0.15, 0.2) is 0 Å². The number of nitrogens with two attached hydrogens (primary N) is 1. The van der Waals surface area contributed by atoms with Crippen molar-refractivity contribution in [1.29, 1.82) is 0 Å². The molecule has 5 nitrogen and oxygen atoms in total. The molecule has 0 atom stereocenters. The molecule has 2 aromatic carbocycles. The zero-order valence-corrected chi connectivity index (χ0v) is 13.4. The van der Waals surface area contributed by atoms with E-state index in [2.05, 4.69) is 10.3 Å². The van der Waals surface area contributed by atoms with E-state index in [1.165, 1.54) is 0 Å². The lowest BCUT2D eigenvalue weighted by Crippen LogP contribution is -2.14. The van der Waals surface area contributed by atoms with Gasteiger partial charge in [-0.05, 0) is 17.7 Å². The molecule has 7 heteroatoms. The number of aromatic nitrogens is 3. The van der Waals surface area contributed by atoms with E-state index in [4.69, 9.17) is 28.9 Å². The van der Waals surface area contributed by atoms with Gasteiger partial charge in [0.2, 0.25) is 5.91 Å². The Labute approximate surface area is 142 Å². The van der Waals surface area contributed by atoms with Gasteiger partial charge in [-0.2, -0.15) is 0 Å². The number of halogens is 2. The zero-order valence-electron chi connectivity index (χ0n) is 11.9. The average molecular weight is 347 g/mol. The standard InChI is InChI=1S/C16H12Cl2N4O/c17-12-6-3-7-14(16(12)18)22-9-13(20-21-22)11-5-2-1-4-10(11)8-15(19)23/h1-7,9H,8H2,(H2,19,23). The molecular formula is C16H12Cl2N4O. The Morgan fingerprint density at radius 3 is 2.70 bits per heavy atom. The van der Waals surface area contributed by atoms with Crippen molar-refractivity contribution in [3.05, 3.63) is 64.3 Å². The third-order valence-corrected chi connectivity index (χ3v) is 4.14. The van der Waals surface area contributed by atoms with Crippen molar-refractivity contribution in [2.75, 3.05) is 0 Å². The number of benzene rings is 2. The van der Waals surface area contributed by atoms with Gasteiger partial charge in [0.1, 0.15) is 5.69 Å². The van der Waals surface area contributed by atoms with E-state index < -0.39 is 5.91 Å². The number of amides is 1. The second-order valence-corrected chi connectivity index (χ2v) is 5.71. The number of nitrogens with zero attached hydrogens (tertiary/aromatic N) is 3. The Hall–Kier alpha value is -2.37. The Balaban J connectivity index is 2.03. The predicted molar refractivity (Wildman–Crippen MR) is 89.7 cm³/mol. The molecule has 0 saturated heterocycles. The maximum atomic E-state index is 11.2. The summed E-state index contributed by atoms with van der Waals surface area (Å²) in [6.45, 7) is 0. The molecule has 0 fully saturated rings. The van der Waals surface area contributed by atoms with Gasteiger partial charge in [-0.3, -0.25) is 4.79 Å². The third-order valence-electron chi connectivity index (χ3n) is 3.33. The molecule has 23 heavy (non-hydrogen) atoms. The van der Waals surface area contributed by atoms with Crippen LogP contribution in [0.15, 0.2) is 48.7 Å². The first-order valence-electron chi connectivity index (χ1n) is 6.79. The van der Waals surface area contributed by atoms with E-state index in [9.17, 15) is 4.79 Å². The van der Waals surface area contributed by atoms with Gasteiger partial charge in [0, 0.05) is 5.56 Å². The summed E-state index contributed by atoms with van der Waals surface area (Å²) in [5.74, 6) is -0.400. The molecule has 0 radical (unpaired) electrons. The zero-order chi connectivity index (χ0) is 16.4. The van der Waals surface area contributed by atoms with Gasteiger partial charge < -0.3 is 5.73 Å². The molecule has 2 N–H and O–H groups in total. The van der Waals surface area contributed by atoms with Crippen molar-refractivity contribution in [2.24, 2.45) is 5.73 Å². The summed E-state index contributed by atoms with van der Waals surface area (Å²) in [7, 11) is 0. The van der Waals surface area contributed by atoms with Crippen LogP contribution in [0, 0.1) is 0 Å². The van der Waals surface area contributed by atoms with E-state index in [0.717, 1.165) is 11.1 Å². The molecule has 1 amide bonds. The van der Waals surface area contributed by atoms with Gasteiger partial charge in [-0.1, -0.05) is 58.7 Å². The Morgan fingerprint density at radius 2 is 1.91 bits per heavy atom. The molecule has 116 valence electrons. The topological polar surface area (TPSA) is 73.8 Å². The number of primary amides is 1. The molecule has 0 aliphatic heterocycles. The number of hydrogen-bond acceptors (Lipinski definition) is 3. The van der Waals surface area contributed by atoms with Crippen LogP contribution in [0.3, 0.4) is 0 Å². The highest BCUT2D eigenvalue weighted by atomic mass is 35.5. The van der Waals surface area contributed by atoms with Crippen LogP contribution < -0.4 is 5.73 Å². The largest absolute Gasteiger partial charge is 0.369 e. The highest BCUT2D eigenvalue weighted by Crippen LogP contribution is 2.29. The third kappa shape index (κ3) is 3.21. The first-order chi connectivity index (χ1) is 11.1. The summed E-state index contributed by atoms with van der Waals surface area (Å²) in [5, 5.41) is 9.09. The average Bonchev–Trinajstić information content (AvgIpc) is 2.99. The van der Waals surface area contributed by atoms with Crippen molar-refractivity contribution in [1.82, 2.24) is 15.0 Å². The van der Waals surface area contributed by atoms with Crippen LogP contribution in [0.5, 0.6) is 0 Å². The Kier molecular flexibility index (Phi) is 4.32. The van der Waals surface area contributed by atoms with Crippen LogP contribution in [-0.4, -0.2) is 20.9 Å². The van der Waals surface area contributed by atoms with Crippen molar-refractivity contribution in [2.45, 2.75) is 6.42 Å². The Morgan fingerprint density at radius 1 is 1.13 bits per heavy atom. The number of rotatable bonds is 4. The first-order valence-corrected chi connectivity index (χ1v) is 7.55. The fourth-order valence-corrected chi connectivity index (χ4v) is 2.67. The molecule has 0 saturated carbocycles. The van der Waals surface area contributed by atoms with E-state index in [1.807, 2.05) is 24.3 Å². The number of carbonyl (C=O) groups excluding carboxylic acids is 1. The minimum absolute atomic E-state index is 0.140. The second kappa shape index (κ2) is 6.40. The minimum atomic E-state index is -0.400. The SMILES string of the molecule is NC(=O)Cc1ccccc1-c1cn(-c2cccc(Cl)c2Cl)nn1. The van der Waals surface area contributed by atoms with Crippen molar-refractivity contribution in [3.8, 4) is 16.9 Å². The smallest absolute Gasteiger partial charge is 0.221 e. The van der Waals surface area contributed by atoms with Gasteiger partial charge in [0.05, 0.1) is 28.4 Å². The number of hydrogen-bond donors (Lipinski definition) is 1. The predicted octanol–water partition coefficient (Wildman–Crippen LogP) is 3.27. The van der Waals surface area contributed by atoms with Crippen molar-refractivity contribution in [3.63, 3.8) is 0 Å². The number of carbonyl (C=O) groups is 1. The molecular weight excluding hydrogens is 335 g/mol. The molecule has 0 aliphatic rings. The van der Waals surface area contributed by atoms with Crippen LogP contribution in [0.4, 0.5) is 0 Å². The monoisotopic (exact) mass is 346 g/mol. The highest BCUT2D eigenvalue weighted by Gasteiger charge is 2.13. The molecule has 3 rings (SSSR count). The summed E-state index contributed by atoms with van der Waals surface area (Å²) in [6, 6.07) is 12.7. The maximum Gasteiger partial charge on any atom is 0.221 e. The van der Waals surface area contributed by atoms with Crippen molar-refractivity contribution >= 4 is 29.1 Å². The maximum absolute atomic E-state index is 11.2. The lowest BCUT2D eigenvalue weighted by atomic mass is 10.0. The highest BCUT2D eigenvalue weighted by molar-refractivity contribution is 6.43. The molecule has 1 heterocycles. The summed E-state index contributed by atoms with van der Waals surface area (Å²) < 4.78 is 1.55. The lowest BCUT2D eigenvalue weighted by molar-refractivity contribution is -0.117. The summed E-state index contributed by atoms with van der Waals surface area (Å²) >= 11 is 12.2. The molecule has 1 aromatic heterocycles. The second-order valence-electron chi connectivity index (χ2n) is 4.92. The van der Waals surface area contributed by atoms with Crippen LogP contribution >= 0.6 is 23.2 Å². The van der Waals surface area contributed by atoms with E-state index in [-0.39, 0.29) is 6.42 Å².